The molecule has 0 atom stereocenters. The average Bonchev–Trinajstić information content (AvgIpc) is 2.34. The van der Waals surface area contributed by atoms with Gasteiger partial charge >= 0.3 is 0 Å². The van der Waals surface area contributed by atoms with Crippen LogP contribution in [0.4, 0.5) is 0 Å². The highest BCUT2D eigenvalue weighted by Gasteiger charge is 1.94. The number of hydrogen-bond donors (Lipinski definition) is 2. The molecule has 0 aliphatic rings. The third kappa shape index (κ3) is 1.74. The van der Waals surface area contributed by atoms with E-state index in [1.165, 1.54) is 0 Å². The summed E-state index contributed by atoms with van der Waals surface area (Å²) in [4.78, 5) is 4.29. The lowest BCUT2D eigenvalue weighted by atomic mass is 10.4. The lowest BCUT2D eigenvalue weighted by Gasteiger charge is -1.88. The molecule has 0 radical (unpaired) electrons. The highest BCUT2D eigenvalue weighted by Crippen LogP contribution is 1.83. The summed E-state index contributed by atoms with van der Waals surface area (Å²) in [5, 5.41) is 13.0. The van der Waals surface area contributed by atoms with E-state index in [9.17, 15) is 0 Å². The van der Waals surface area contributed by atoms with Gasteiger partial charge in [0.2, 0.25) is 0 Å². The summed E-state index contributed by atoms with van der Waals surface area (Å²) in [5.41, 5.74) is 0. The fourth-order valence-corrected chi connectivity index (χ4v) is 0.439. The molecule has 0 amide bonds. The van der Waals surface area contributed by atoms with Crippen LogP contribution in [0.5, 0.6) is 0 Å². The first-order valence-electron chi connectivity index (χ1n) is 2.47. The molecule has 1 aromatic rings. The predicted octanol–water partition coefficient (Wildman–Crippen LogP) is -1.37. The first-order valence-corrected chi connectivity index (χ1v) is 2.47. The molecule has 1 rings (SSSR count). The van der Waals surface area contributed by atoms with E-state index in [-0.39, 0.29) is 0 Å². The van der Waals surface area contributed by atoms with Gasteiger partial charge in [0, 0.05) is 6.42 Å². The van der Waals surface area contributed by atoms with Crippen LogP contribution in [0.15, 0.2) is 0 Å². The zero-order valence-corrected chi connectivity index (χ0v) is 4.74. The molecule has 0 bridgehead atoms. The van der Waals surface area contributed by atoms with Crippen molar-refractivity contribution in [3.63, 3.8) is 0 Å². The number of aromatic nitrogens is 4. The third-order valence-corrected chi connectivity index (χ3v) is 0.833. The molecular formula is C3H7N5O. The highest BCUT2D eigenvalue weighted by atomic mass is 16.6. The SMILES string of the molecule is NOCCc1nn[nH]n1. The Hall–Kier alpha value is -1.01. The van der Waals surface area contributed by atoms with E-state index in [0.29, 0.717) is 18.9 Å². The van der Waals surface area contributed by atoms with Crippen LogP contribution in [0.2, 0.25) is 0 Å². The number of rotatable bonds is 3. The van der Waals surface area contributed by atoms with Crippen molar-refractivity contribution in [2.45, 2.75) is 6.42 Å². The molecule has 6 nitrogen and oxygen atoms in total. The topological polar surface area (TPSA) is 89.7 Å². The van der Waals surface area contributed by atoms with Crippen LogP contribution in [-0.4, -0.2) is 27.2 Å². The van der Waals surface area contributed by atoms with Crippen molar-refractivity contribution in [1.82, 2.24) is 20.6 Å². The summed E-state index contributed by atoms with van der Waals surface area (Å²) >= 11 is 0. The number of aromatic amines is 1. The van der Waals surface area contributed by atoms with E-state index in [1.807, 2.05) is 0 Å². The van der Waals surface area contributed by atoms with Gasteiger partial charge in [0.25, 0.3) is 0 Å². The molecule has 0 unspecified atom stereocenters. The first kappa shape index (κ1) is 6.12. The minimum absolute atomic E-state index is 0.416. The van der Waals surface area contributed by atoms with Gasteiger partial charge in [0.15, 0.2) is 5.82 Å². The Labute approximate surface area is 51.3 Å². The number of nitrogens with zero attached hydrogens (tertiary/aromatic N) is 3. The second-order valence-corrected chi connectivity index (χ2v) is 1.45. The van der Waals surface area contributed by atoms with Gasteiger partial charge in [-0.3, -0.25) is 0 Å². The standard InChI is InChI=1S/C3H7N5O/c4-9-2-1-3-5-7-8-6-3/h1-2,4H2,(H,5,6,7,8). The molecule has 0 saturated heterocycles. The summed E-state index contributed by atoms with van der Waals surface area (Å²) < 4.78 is 0. The molecule has 0 saturated carbocycles. The van der Waals surface area contributed by atoms with E-state index in [4.69, 9.17) is 5.90 Å². The summed E-state index contributed by atoms with van der Waals surface area (Å²) in [5.74, 6) is 5.37. The van der Waals surface area contributed by atoms with Crippen LogP contribution in [0, 0.1) is 0 Å². The third-order valence-electron chi connectivity index (χ3n) is 0.833. The highest BCUT2D eigenvalue weighted by molar-refractivity contribution is 4.74. The lowest BCUT2D eigenvalue weighted by molar-refractivity contribution is 0.140. The Morgan fingerprint density at radius 1 is 1.67 bits per heavy atom. The van der Waals surface area contributed by atoms with Crippen molar-refractivity contribution in [2.75, 3.05) is 6.61 Å². The fraction of sp³-hybridized carbons (Fsp3) is 0.667. The molecule has 0 aliphatic heterocycles. The van der Waals surface area contributed by atoms with Gasteiger partial charge in [0.1, 0.15) is 0 Å². The van der Waals surface area contributed by atoms with Crippen LogP contribution in [0.25, 0.3) is 0 Å². The van der Waals surface area contributed by atoms with Crippen molar-refractivity contribution < 1.29 is 4.84 Å². The number of hydrogen-bond acceptors (Lipinski definition) is 5. The second-order valence-electron chi connectivity index (χ2n) is 1.45. The number of nitrogens with two attached hydrogens (primary N) is 1. The Bertz CT molecular complexity index is 149. The molecule has 9 heavy (non-hydrogen) atoms. The molecule has 0 fully saturated rings. The van der Waals surface area contributed by atoms with Crippen molar-refractivity contribution in [2.24, 2.45) is 5.90 Å². The quantitative estimate of drug-likeness (QED) is 0.491. The number of H-pyrrole nitrogens is 1. The van der Waals surface area contributed by atoms with E-state index < -0.39 is 0 Å². The average molecular weight is 129 g/mol. The van der Waals surface area contributed by atoms with Gasteiger partial charge in [-0.1, -0.05) is 5.21 Å². The molecule has 50 valence electrons. The lowest BCUT2D eigenvalue weighted by Crippen LogP contribution is -2.04. The van der Waals surface area contributed by atoms with Gasteiger partial charge in [-0.25, -0.2) is 5.90 Å². The Morgan fingerprint density at radius 3 is 3.11 bits per heavy atom. The molecule has 3 N–H and O–H groups in total. The summed E-state index contributed by atoms with van der Waals surface area (Å²) in [7, 11) is 0. The van der Waals surface area contributed by atoms with Crippen LogP contribution in [0.1, 0.15) is 5.82 Å². The minimum Gasteiger partial charge on any atom is -0.304 e. The Morgan fingerprint density at radius 2 is 2.56 bits per heavy atom. The fourth-order valence-electron chi connectivity index (χ4n) is 0.439. The van der Waals surface area contributed by atoms with Gasteiger partial charge < -0.3 is 4.84 Å². The van der Waals surface area contributed by atoms with E-state index in [0.717, 1.165) is 0 Å². The summed E-state index contributed by atoms with van der Waals surface area (Å²) in [6.07, 6.45) is 0.590. The largest absolute Gasteiger partial charge is 0.304 e. The summed E-state index contributed by atoms with van der Waals surface area (Å²) in [6.45, 7) is 0.416. The van der Waals surface area contributed by atoms with E-state index in [1.54, 1.807) is 0 Å². The molecule has 0 aliphatic carbocycles. The first-order chi connectivity index (χ1) is 4.43. The molecular weight excluding hydrogens is 122 g/mol. The number of nitrogens with one attached hydrogen (secondary N) is 1. The smallest absolute Gasteiger partial charge is 0.176 e. The maximum atomic E-state index is 4.76. The van der Waals surface area contributed by atoms with Gasteiger partial charge in [-0.2, -0.15) is 5.21 Å². The molecule has 1 heterocycles. The van der Waals surface area contributed by atoms with Crippen molar-refractivity contribution in [3.05, 3.63) is 5.82 Å². The van der Waals surface area contributed by atoms with Crippen LogP contribution < -0.4 is 5.90 Å². The van der Waals surface area contributed by atoms with Crippen LogP contribution in [0.3, 0.4) is 0 Å². The van der Waals surface area contributed by atoms with Gasteiger partial charge in [0.05, 0.1) is 6.61 Å². The Balaban J connectivity index is 2.30. The normalized spacial score (nSPS) is 9.89. The summed E-state index contributed by atoms with van der Waals surface area (Å²) in [6, 6.07) is 0. The zero-order valence-electron chi connectivity index (χ0n) is 4.74. The van der Waals surface area contributed by atoms with E-state index in [2.05, 4.69) is 25.5 Å². The molecule has 0 spiro atoms. The monoisotopic (exact) mass is 129 g/mol. The van der Waals surface area contributed by atoms with Crippen molar-refractivity contribution >= 4 is 0 Å². The van der Waals surface area contributed by atoms with Crippen LogP contribution >= 0.6 is 0 Å². The Kier molecular flexibility index (Phi) is 2.11. The molecule has 6 heteroatoms. The zero-order chi connectivity index (χ0) is 6.53. The number of tetrazole rings is 1. The maximum Gasteiger partial charge on any atom is 0.176 e. The van der Waals surface area contributed by atoms with Crippen molar-refractivity contribution in [1.29, 1.82) is 0 Å². The minimum atomic E-state index is 0.416. The molecule has 0 aromatic carbocycles. The molecule has 1 aromatic heterocycles. The van der Waals surface area contributed by atoms with E-state index >= 15 is 0 Å². The van der Waals surface area contributed by atoms with Crippen molar-refractivity contribution in [3.8, 4) is 0 Å². The van der Waals surface area contributed by atoms with Gasteiger partial charge in [-0.15, -0.1) is 10.2 Å². The predicted molar refractivity (Wildman–Crippen MR) is 28.0 cm³/mol. The second kappa shape index (κ2) is 3.10. The maximum absolute atomic E-state index is 4.76. The van der Waals surface area contributed by atoms with Gasteiger partial charge in [-0.05, 0) is 0 Å². The van der Waals surface area contributed by atoms with Crippen LogP contribution in [-0.2, 0) is 11.3 Å².